The van der Waals surface area contributed by atoms with E-state index in [1.807, 2.05) is 0 Å². The zero-order chi connectivity index (χ0) is 38.0. The number of rotatable bonds is 24. The Morgan fingerprint density at radius 1 is 0.679 bits per heavy atom. The number of carbonyl (C=O) groups excluding carboxylic acids is 1. The molecule has 1 aliphatic heterocycles. The van der Waals surface area contributed by atoms with Gasteiger partial charge in [0.15, 0.2) is 0 Å². The van der Waals surface area contributed by atoms with E-state index in [9.17, 15) is 9.59 Å². The van der Waals surface area contributed by atoms with E-state index in [2.05, 4.69) is 136 Å². The Morgan fingerprint density at radius 3 is 1.58 bits per heavy atom. The van der Waals surface area contributed by atoms with Gasteiger partial charge in [-0.25, -0.2) is 0 Å². The number of nitrogens with zero attached hydrogens (tertiary/aromatic N) is 1. The second kappa shape index (κ2) is 21.6. The molecule has 0 bridgehead atoms. The Bertz CT molecular complexity index is 1430. The molecular weight excluding hydrogens is 673 g/mol. The van der Waals surface area contributed by atoms with Crippen molar-refractivity contribution in [3.63, 3.8) is 0 Å². The molecule has 1 N–H and O–H groups in total. The summed E-state index contributed by atoms with van der Waals surface area (Å²) >= 11 is 0. The zero-order valence-electron chi connectivity index (χ0n) is 33.2. The van der Waals surface area contributed by atoms with E-state index in [4.69, 9.17) is 9.84 Å². The molecule has 1 aliphatic rings. The lowest BCUT2D eigenvalue weighted by atomic mass is 9.87. The predicted octanol–water partition coefficient (Wildman–Crippen LogP) is 10.5. The Hall–Kier alpha value is -3.27. The van der Waals surface area contributed by atoms with Gasteiger partial charge in [-0.1, -0.05) is 112 Å². The van der Waals surface area contributed by atoms with Crippen molar-refractivity contribution in [3.05, 3.63) is 103 Å². The standard InChI is InChI=1S/C47H66NO4P/c1-46(2)39-43(47(3,4)48(46)36-28-17-15-13-11-9-7-5-6-8-10-12-14-16-27-35-44(49)50)45(51)52-37-38-53(40-29-21-18-22-30-40,41-31-23-19-24-32-41)42-33-25-20-26-34-42/h5-6,18-26,29-34,43H,7-17,27-28,35-39H2,1-4H3/p+1/b6-5-. The van der Waals surface area contributed by atoms with Crippen LogP contribution in [0.4, 0.5) is 0 Å². The van der Waals surface area contributed by atoms with Gasteiger partial charge in [0.2, 0.25) is 0 Å². The van der Waals surface area contributed by atoms with E-state index in [0.717, 1.165) is 51.2 Å². The minimum atomic E-state index is -2.06. The van der Waals surface area contributed by atoms with Crippen molar-refractivity contribution in [2.75, 3.05) is 19.3 Å². The van der Waals surface area contributed by atoms with Crippen LogP contribution < -0.4 is 15.9 Å². The molecule has 288 valence electrons. The van der Waals surface area contributed by atoms with Crippen molar-refractivity contribution in [2.45, 2.75) is 135 Å². The molecule has 5 nitrogen and oxygen atoms in total. The first-order chi connectivity index (χ1) is 25.6. The molecule has 1 fully saturated rings. The average molecular weight is 741 g/mol. The number of aliphatic carboxylic acids is 1. The second-order valence-corrected chi connectivity index (χ2v) is 19.8. The molecular formula is C47H67NO4P+. The maximum absolute atomic E-state index is 14.0. The molecule has 0 saturated carbocycles. The van der Waals surface area contributed by atoms with Crippen molar-refractivity contribution in [1.82, 2.24) is 4.90 Å². The third kappa shape index (κ3) is 12.4. The first kappa shape index (κ1) is 42.5. The first-order valence-electron chi connectivity index (χ1n) is 20.4. The van der Waals surface area contributed by atoms with Crippen molar-refractivity contribution in [3.8, 4) is 0 Å². The third-order valence-electron chi connectivity index (χ3n) is 11.5. The van der Waals surface area contributed by atoms with E-state index in [1.54, 1.807) is 0 Å². The molecule has 53 heavy (non-hydrogen) atoms. The monoisotopic (exact) mass is 740 g/mol. The van der Waals surface area contributed by atoms with Gasteiger partial charge in [-0.15, -0.1) is 0 Å². The molecule has 1 heterocycles. The van der Waals surface area contributed by atoms with Crippen LogP contribution in [-0.4, -0.2) is 52.3 Å². The van der Waals surface area contributed by atoms with Gasteiger partial charge in [0.05, 0.1) is 5.92 Å². The fraction of sp³-hybridized carbons (Fsp3) is 0.532. The highest BCUT2D eigenvalue weighted by Crippen LogP contribution is 2.55. The molecule has 4 rings (SSSR count). The Morgan fingerprint density at radius 2 is 1.11 bits per heavy atom. The molecule has 0 spiro atoms. The summed E-state index contributed by atoms with van der Waals surface area (Å²) in [6, 6.07) is 32.5. The normalized spacial score (nSPS) is 16.9. The van der Waals surface area contributed by atoms with Crippen molar-refractivity contribution >= 4 is 35.1 Å². The molecule has 3 aromatic carbocycles. The fourth-order valence-corrected chi connectivity index (χ4v) is 12.7. The second-order valence-electron chi connectivity index (χ2n) is 16.2. The van der Waals surface area contributed by atoms with Gasteiger partial charge in [-0.05, 0) is 116 Å². The number of hydrogen-bond donors (Lipinski definition) is 1. The lowest BCUT2D eigenvalue weighted by molar-refractivity contribution is -0.150. The molecule has 0 radical (unpaired) electrons. The number of benzene rings is 3. The number of ether oxygens (including phenoxy) is 1. The summed E-state index contributed by atoms with van der Waals surface area (Å²) in [5.74, 6) is -0.897. The Balaban J connectivity index is 1.21. The molecule has 0 amide bonds. The highest BCUT2D eigenvalue weighted by molar-refractivity contribution is 7.95. The van der Waals surface area contributed by atoms with E-state index >= 15 is 0 Å². The fourth-order valence-electron chi connectivity index (χ4n) is 8.60. The maximum Gasteiger partial charge on any atom is 0.311 e. The van der Waals surface area contributed by atoms with Crippen molar-refractivity contribution < 1.29 is 19.4 Å². The highest BCUT2D eigenvalue weighted by Gasteiger charge is 2.54. The molecule has 6 heteroatoms. The topological polar surface area (TPSA) is 66.8 Å². The van der Waals surface area contributed by atoms with Crippen LogP contribution in [0.5, 0.6) is 0 Å². The number of hydrogen-bond acceptors (Lipinski definition) is 4. The number of carboxylic acid groups (broad SMARTS) is 1. The van der Waals surface area contributed by atoms with Crippen LogP contribution in [0.1, 0.15) is 124 Å². The van der Waals surface area contributed by atoms with E-state index in [0.29, 0.717) is 13.0 Å². The molecule has 1 saturated heterocycles. The predicted molar refractivity (Wildman–Crippen MR) is 225 cm³/mol. The van der Waals surface area contributed by atoms with Gasteiger partial charge in [-0.3, -0.25) is 14.5 Å². The smallest absolute Gasteiger partial charge is 0.311 e. The molecule has 0 aromatic heterocycles. The van der Waals surface area contributed by atoms with E-state index in [-0.39, 0.29) is 23.0 Å². The SMILES string of the molecule is CC1(C)CC(C(=O)OCC[P+](c2ccccc2)(c2ccccc2)c2ccccc2)C(C)(C)N1CCCCCCCC/C=C\CCCCCCCC(=O)O. The number of unbranched alkanes of at least 4 members (excludes halogenated alkanes) is 11. The van der Waals surface area contributed by atoms with Gasteiger partial charge in [0, 0.05) is 17.5 Å². The number of allylic oxidation sites excluding steroid dienone is 2. The molecule has 1 unspecified atom stereocenters. The maximum atomic E-state index is 14.0. The third-order valence-corrected chi connectivity index (χ3v) is 15.9. The van der Waals surface area contributed by atoms with Gasteiger partial charge in [0.1, 0.15) is 35.9 Å². The van der Waals surface area contributed by atoms with Crippen LogP contribution in [-0.2, 0) is 14.3 Å². The van der Waals surface area contributed by atoms with Crippen LogP contribution in [0.15, 0.2) is 103 Å². The summed E-state index contributed by atoms with van der Waals surface area (Å²) in [4.78, 5) is 27.1. The van der Waals surface area contributed by atoms with Gasteiger partial charge in [0.25, 0.3) is 0 Å². The number of esters is 1. The van der Waals surface area contributed by atoms with Crippen LogP contribution in [0.25, 0.3) is 0 Å². The molecule has 1 atom stereocenters. The number of likely N-dealkylation sites (tertiary alicyclic amines) is 1. The Labute approximate surface area is 322 Å². The summed E-state index contributed by atoms with van der Waals surface area (Å²) in [5.41, 5.74) is -0.327. The summed E-state index contributed by atoms with van der Waals surface area (Å²) in [6.45, 7) is 10.5. The summed E-state index contributed by atoms with van der Waals surface area (Å²) in [6.07, 6.45) is 21.7. The van der Waals surface area contributed by atoms with E-state index in [1.165, 1.54) is 67.3 Å². The highest BCUT2D eigenvalue weighted by atomic mass is 31.2. The molecule has 3 aromatic rings. The van der Waals surface area contributed by atoms with E-state index < -0.39 is 13.2 Å². The lowest BCUT2D eigenvalue weighted by Crippen LogP contribution is -2.51. The lowest BCUT2D eigenvalue weighted by Gasteiger charge is -2.41. The van der Waals surface area contributed by atoms with Crippen LogP contribution in [0.2, 0.25) is 0 Å². The van der Waals surface area contributed by atoms with Crippen LogP contribution >= 0.6 is 7.26 Å². The first-order valence-corrected chi connectivity index (χ1v) is 22.4. The summed E-state index contributed by atoms with van der Waals surface area (Å²) in [5, 5.41) is 12.6. The van der Waals surface area contributed by atoms with Gasteiger partial charge < -0.3 is 9.84 Å². The van der Waals surface area contributed by atoms with Gasteiger partial charge >= 0.3 is 11.9 Å². The van der Waals surface area contributed by atoms with Crippen LogP contribution in [0.3, 0.4) is 0 Å². The summed E-state index contributed by atoms with van der Waals surface area (Å²) < 4.78 is 6.31. The minimum absolute atomic E-state index is 0.0557. The number of carbonyl (C=O) groups is 2. The molecule has 0 aliphatic carbocycles. The van der Waals surface area contributed by atoms with Crippen molar-refractivity contribution in [1.29, 1.82) is 0 Å². The minimum Gasteiger partial charge on any atom is -0.481 e. The largest absolute Gasteiger partial charge is 0.481 e. The average Bonchev–Trinajstić information content (AvgIpc) is 3.34. The van der Waals surface area contributed by atoms with Crippen molar-refractivity contribution in [2.24, 2.45) is 5.92 Å². The van der Waals surface area contributed by atoms with Crippen LogP contribution in [0, 0.1) is 5.92 Å². The number of carboxylic acids is 1. The zero-order valence-corrected chi connectivity index (χ0v) is 34.1. The Kier molecular flexibility index (Phi) is 17.3. The summed E-state index contributed by atoms with van der Waals surface area (Å²) in [7, 11) is -2.06. The van der Waals surface area contributed by atoms with Gasteiger partial charge in [-0.2, -0.15) is 0 Å². The quantitative estimate of drug-likeness (QED) is 0.0429.